The molecule has 2 nitrogen and oxygen atoms in total. The van der Waals surface area contributed by atoms with E-state index in [4.69, 9.17) is 4.74 Å². The van der Waals surface area contributed by atoms with Crippen molar-refractivity contribution in [2.24, 2.45) is 0 Å². The second-order valence-corrected chi connectivity index (χ2v) is 2.99. The SMILES string of the molecule is O=C(Oc1ccccc1)c1cc[c-]cc1.[Y]. The summed E-state index contributed by atoms with van der Waals surface area (Å²) in [6.45, 7) is 0. The Labute approximate surface area is 120 Å². The average molecular weight is 286 g/mol. The molecular formula is C13H9O2Y-. The van der Waals surface area contributed by atoms with Gasteiger partial charge in [-0.2, -0.15) is 30.3 Å². The van der Waals surface area contributed by atoms with Crippen LogP contribution in [0.15, 0.2) is 54.6 Å². The van der Waals surface area contributed by atoms with Crippen LogP contribution < -0.4 is 4.74 Å². The second-order valence-electron chi connectivity index (χ2n) is 2.99. The van der Waals surface area contributed by atoms with Crippen LogP contribution in [0.4, 0.5) is 0 Å². The fraction of sp³-hybridized carbons (Fsp3) is 0. The monoisotopic (exact) mass is 286 g/mol. The molecule has 3 heteroatoms. The minimum atomic E-state index is -0.352. The molecule has 16 heavy (non-hydrogen) atoms. The van der Waals surface area contributed by atoms with E-state index in [0.29, 0.717) is 11.3 Å². The molecule has 0 amide bonds. The van der Waals surface area contributed by atoms with Gasteiger partial charge in [0.1, 0.15) is 5.75 Å². The summed E-state index contributed by atoms with van der Waals surface area (Å²) in [4.78, 5) is 11.6. The van der Waals surface area contributed by atoms with Crippen LogP contribution in [-0.2, 0) is 32.7 Å². The van der Waals surface area contributed by atoms with E-state index >= 15 is 0 Å². The molecule has 0 spiro atoms. The number of benzene rings is 2. The Balaban J connectivity index is 0.00000128. The third-order valence-corrected chi connectivity index (χ3v) is 1.91. The molecule has 77 valence electrons. The van der Waals surface area contributed by atoms with E-state index in [2.05, 4.69) is 6.07 Å². The van der Waals surface area contributed by atoms with E-state index in [1.54, 1.807) is 36.4 Å². The molecule has 0 aromatic heterocycles. The van der Waals surface area contributed by atoms with E-state index < -0.39 is 0 Å². The normalized spacial score (nSPS) is 9.00. The summed E-state index contributed by atoms with van der Waals surface area (Å²) < 4.78 is 5.15. The number of rotatable bonds is 2. The smallest absolute Gasteiger partial charge is 0.318 e. The minimum absolute atomic E-state index is 0. The van der Waals surface area contributed by atoms with Crippen LogP contribution in [-0.4, -0.2) is 5.97 Å². The molecule has 0 aliphatic rings. The summed E-state index contributed by atoms with van der Waals surface area (Å²) in [6.07, 6.45) is 0. The Morgan fingerprint density at radius 3 is 2.25 bits per heavy atom. The van der Waals surface area contributed by atoms with Crippen molar-refractivity contribution in [2.45, 2.75) is 0 Å². The van der Waals surface area contributed by atoms with Gasteiger partial charge >= 0.3 is 5.97 Å². The summed E-state index contributed by atoms with van der Waals surface area (Å²) >= 11 is 0. The van der Waals surface area contributed by atoms with Gasteiger partial charge in [-0.15, -0.1) is 0 Å². The Hall–Kier alpha value is -0.986. The average Bonchev–Trinajstić information content (AvgIpc) is 2.31. The molecule has 1 radical (unpaired) electrons. The molecule has 0 bridgehead atoms. The fourth-order valence-electron chi connectivity index (χ4n) is 1.18. The van der Waals surface area contributed by atoms with Crippen molar-refractivity contribution in [3.05, 3.63) is 66.2 Å². The summed E-state index contributed by atoms with van der Waals surface area (Å²) in [5.74, 6) is 0.200. The zero-order valence-electron chi connectivity index (χ0n) is 8.59. The first-order chi connectivity index (χ1) is 7.36. The van der Waals surface area contributed by atoms with Gasteiger partial charge in [-0.3, -0.25) is 0 Å². The number of carbonyl (C=O) groups is 1. The van der Waals surface area contributed by atoms with Gasteiger partial charge in [0.15, 0.2) is 0 Å². The Morgan fingerprint density at radius 1 is 1.00 bits per heavy atom. The molecule has 0 N–H and O–H groups in total. The van der Waals surface area contributed by atoms with Crippen LogP contribution in [0.25, 0.3) is 0 Å². The summed E-state index contributed by atoms with van der Waals surface area (Å²) in [7, 11) is 0. The van der Waals surface area contributed by atoms with Crippen molar-refractivity contribution in [3.8, 4) is 5.75 Å². The minimum Gasteiger partial charge on any atom is -0.424 e. The number of hydrogen-bond acceptors (Lipinski definition) is 2. The molecule has 0 saturated heterocycles. The predicted octanol–water partition coefficient (Wildman–Crippen LogP) is 2.70. The standard InChI is InChI=1S/C13H9O2.Y/c14-13(11-7-3-1-4-8-11)15-12-9-5-2-6-10-12;/h2-10H;/q-1;. The van der Waals surface area contributed by atoms with Crippen molar-refractivity contribution < 1.29 is 42.2 Å². The summed E-state index contributed by atoms with van der Waals surface area (Å²) in [5, 5.41) is 0. The maximum atomic E-state index is 11.6. The molecule has 0 heterocycles. The van der Waals surface area contributed by atoms with Gasteiger partial charge in [-0.25, -0.2) is 4.79 Å². The van der Waals surface area contributed by atoms with Crippen LogP contribution >= 0.6 is 0 Å². The Bertz CT molecular complexity index is 440. The molecule has 0 saturated carbocycles. The van der Waals surface area contributed by atoms with Crippen molar-refractivity contribution in [2.75, 3.05) is 0 Å². The number of hydrogen-bond donors (Lipinski definition) is 0. The number of carbonyl (C=O) groups excluding carboxylic acids is 1. The Kier molecular flexibility index (Phi) is 5.37. The molecule has 0 unspecified atom stereocenters. The van der Waals surface area contributed by atoms with Gasteiger partial charge in [0.05, 0.1) is 0 Å². The van der Waals surface area contributed by atoms with Gasteiger partial charge in [0, 0.05) is 32.7 Å². The van der Waals surface area contributed by atoms with E-state index in [0.717, 1.165) is 0 Å². The number of esters is 1. The maximum absolute atomic E-state index is 11.6. The van der Waals surface area contributed by atoms with Gasteiger partial charge < -0.3 is 4.74 Å². The van der Waals surface area contributed by atoms with Crippen LogP contribution in [0.5, 0.6) is 5.75 Å². The molecule has 0 aliphatic heterocycles. The number of ether oxygens (including phenoxy) is 1. The molecular weight excluding hydrogens is 277 g/mol. The third-order valence-electron chi connectivity index (χ3n) is 1.91. The Morgan fingerprint density at radius 2 is 1.62 bits per heavy atom. The molecule has 0 atom stereocenters. The van der Waals surface area contributed by atoms with E-state index in [1.807, 2.05) is 18.2 Å². The van der Waals surface area contributed by atoms with Gasteiger partial charge in [0.25, 0.3) is 0 Å². The van der Waals surface area contributed by atoms with Gasteiger partial charge in [-0.05, 0) is 17.7 Å². The van der Waals surface area contributed by atoms with Crippen molar-refractivity contribution in [1.29, 1.82) is 0 Å². The maximum Gasteiger partial charge on any atom is 0.318 e. The first kappa shape index (κ1) is 13.1. The predicted molar refractivity (Wildman–Crippen MR) is 56.7 cm³/mol. The van der Waals surface area contributed by atoms with Crippen LogP contribution in [0, 0.1) is 6.07 Å². The zero-order valence-corrected chi connectivity index (χ0v) is 11.4. The van der Waals surface area contributed by atoms with Crippen molar-refractivity contribution in [3.63, 3.8) is 0 Å². The molecule has 2 aromatic carbocycles. The van der Waals surface area contributed by atoms with Crippen LogP contribution in [0.1, 0.15) is 10.4 Å². The molecule has 2 aromatic rings. The first-order valence-electron chi connectivity index (χ1n) is 4.59. The summed E-state index contributed by atoms with van der Waals surface area (Å²) in [6, 6.07) is 18.5. The van der Waals surface area contributed by atoms with E-state index in [-0.39, 0.29) is 38.7 Å². The van der Waals surface area contributed by atoms with E-state index in [9.17, 15) is 4.79 Å². The van der Waals surface area contributed by atoms with Gasteiger partial charge in [0.2, 0.25) is 0 Å². The molecule has 0 fully saturated rings. The largest absolute Gasteiger partial charge is 0.424 e. The van der Waals surface area contributed by atoms with Crippen LogP contribution in [0.2, 0.25) is 0 Å². The van der Waals surface area contributed by atoms with Crippen molar-refractivity contribution in [1.82, 2.24) is 0 Å². The zero-order chi connectivity index (χ0) is 10.5. The quantitative estimate of drug-likeness (QED) is 0.482. The molecule has 0 aliphatic carbocycles. The topological polar surface area (TPSA) is 26.3 Å². The third kappa shape index (κ3) is 3.55. The van der Waals surface area contributed by atoms with Crippen molar-refractivity contribution >= 4 is 5.97 Å². The molecule has 2 rings (SSSR count). The summed E-state index contributed by atoms with van der Waals surface area (Å²) in [5.41, 5.74) is 0.526. The second kappa shape index (κ2) is 6.56. The van der Waals surface area contributed by atoms with E-state index in [1.165, 1.54) is 0 Å². The van der Waals surface area contributed by atoms with Gasteiger partial charge in [-0.1, -0.05) is 18.2 Å². The number of para-hydroxylation sites is 1. The fourth-order valence-corrected chi connectivity index (χ4v) is 1.18. The van der Waals surface area contributed by atoms with Crippen LogP contribution in [0.3, 0.4) is 0 Å². The first-order valence-corrected chi connectivity index (χ1v) is 4.59.